The van der Waals surface area contributed by atoms with Crippen molar-refractivity contribution in [3.8, 4) is 0 Å². The van der Waals surface area contributed by atoms with Crippen molar-refractivity contribution in [1.29, 1.82) is 0 Å². The van der Waals surface area contributed by atoms with Gasteiger partial charge in [0.05, 0.1) is 12.2 Å². The van der Waals surface area contributed by atoms with Crippen LogP contribution in [0.2, 0.25) is 0 Å². The van der Waals surface area contributed by atoms with Crippen molar-refractivity contribution in [3.63, 3.8) is 0 Å². The van der Waals surface area contributed by atoms with E-state index in [1.807, 2.05) is 34.5 Å². The molecule has 3 aromatic rings. The first kappa shape index (κ1) is 9.83. The minimum Gasteiger partial charge on any atom is -0.369 e. The van der Waals surface area contributed by atoms with E-state index in [1.54, 1.807) is 12.4 Å². The van der Waals surface area contributed by atoms with E-state index in [0.29, 0.717) is 12.5 Å². The number of aryl methyl sites for hydroxylation is 1. The van der Waals surface area contributed by atoms with E-state index in [-0.39, 0.29) is 0 Å². The van der Waals surface area contributed by atoms with Crippen molar-refractivity contribution < 1.29 is 0 Å². The molecule has 0 spiro atoms. The van der Waals surface area contributed by atoms with Crippen LogP contribution in [0.15, 0.2) is 30.6 Å². The lowest BCUT2D eigenvalue weighted by Crippen LogP contribution is -2.08. The van der Waals surface area contributed by atoms with Crippen molar-refractivity contribution in [2.75, 3.05) is 5.73 Å². The van der Waals surface area contributed by atoms with E-state index in [4.69, 9.17) is 5.73 Å². The number of rotatable bonds is 2. The maximum absolute atomic E-state index is 5.90. The lowest BCUT2D eigenvalue weighted by molar-refractivity contribution is 0.676. The van der Waals surface area contributed by atoms with Gasteiger partial charge in [0.1, 0.15) is 5.52 Å². The van der Waals surface area contributed by atoms with Gasteiger partial charge >= 0.3 is 0 Å². The minimum absolute atomic E-state index is 0.472. The van der Waals surface area contributed by atoms with Crippen molar-refractivity contribution >= 4 is 17.1 Å². The van der Waals surface area contributed by atoms with Crippen LogP contribution in [0.25, 0.3) is 11.2 Å². The van der Waals surface area contributed by atoms with Gasteiger partial charge in [-0.2, -0.15) is 5.10 Å². The number of fused-ring (bicyclic) bond motifs is 1. The number of nitrogen functional groups attached to an aromatic ring is 1. The first-order valence-corrected chi connectivity index (χ1v) is 5.29. The predicted octanol–water partition coefficient (Wildman–Crippen LogP) is 0.795. The highest BCUT2D eigenvalue weighted by molar-refractivity contribution is 5.73. The maximum Gasteiger partial charge on any atom is 0.202 e. The highest BCUT2D eigenvalue weighted by Crippen LogP contribution is 2.16. The topological polar surface area (TPSA) is 74.5 Å². The summed E-state index contributed by atoms with van der Waals surface area (Å²) in [4.78, 5) is 8.57. The molecule has 3 rings (SSSR count). The van der Waals surface area contributed by atoms with Crippen LogP contribution in [0, 0.1) is 0 Å². The molecule has 0 amide bonds. The second-order valence-corrected chi connectivity index (χ2v) is 3.85. The molecule has 0 bridgehead atoms. The third-order valence-electron chi connectivity index (χ3n) is 2.78. The average molecular weight is 228 g/mol. The quantitative estimate of drug-likeness (QED) is 0.703. The number of nitrogens with zero attached hydrogens (tertiary/aromatic N) is 5. The Bertz CT molecular complexity index is 665. The summed E-state index contributed by atoms with van der Waals surface area (Å²) in [6, 6.07) is 5.70. The zero-order valence-electron chi connectivity index (χ0n) is 9.41. The lowest BCUT2D eigenvalue weighted by Gasteiger charge is -2.05. The van der Waals surface area contributed by atoms with E-state index in [1.165, 1.54) is 0 Å². The first-order valence-electron chi connectivity index (χ1n) is 5.29. The van der Waals surface area contributed by atoms with Gasteiger partial charge in [0, 0.05) is 19.4 Å². The molecule has 6 heteroatoms. The Morgan fingerprint density at radius 2 is 2.18 bits per heavy atom. The Balaban J connectivity index is 2.11. The Hall–Kier alpha value is -2.37. The van der Waals surface area contributed by atoms with Crippen molar-refractivity contribution in [2.45, 2.75) is 6.54 Å². The Kier molecular flexibility index (Phi) is 2.07. The fourth-order valence-corrected chi connectivity index (χ4v) is 1.85. The molecule has 0 saturated heterocycles. The van der Waals surface area contributed by atoms with Crippen LogP contribution in [0.1, 0.15) is 5.69 Å². The molecule has 3 heterocycles. The van der Waals surface area contributed by atoms with E-state index < -0.39 is 0 Å². The zero-order chi connectivity index (χ0) is 11.8. The zero-order valence-corrected chi connectivity index (χ0v) is 9.41. The summed E-state index contributed by atoms with van der Waals surface area (Å²) in [5.74, 6) is 0.472. The number of imidazole rings is 1. The SMILES string of the molecule is Cn1nccc1Cn1c(N)nc2cccnc21. The fraction of sp³-hybridized carbons (Fsp3) is 0.182. The van der Waals surface area contributed by atoms with E-state index in [9.17, 15) is 0 Å². The first-order chi connectivity index (χ1) is 8.25. The molecule has 0 saturated carbocycles. The van der Waals surface area contributed by atoms with Gasteiger partial charge in [0.2, 0.25) is 5.95 Å². The molecule has 0 fully saturated rings. The predicted molar refractivity (Wildman–Crippen MR) is 64.3 cm³/mol. The van der Waals surface area contributed by atoms with Gasteiger partial charge in [-0.05, 0) is 18.2 Å². The van der Waals surface area contributed by atoms with Crippen LogP contribution < -0.4 is 5.73 Å². The van der Waals surface area contributed by atoms with Crippen LogP contribution in [0.3, 0.4) is 0 Å². The van der Waals surface area contributed by atoms with E-state index in [2.05, 4.69) is 15.1 Å². The number of hydrogen-bond acceptors (Lipinski definition) is 4. The van der Waals surface area contributed by atoms with Crippen LogP contribution in [0.4, 0.5) is 5.95 Å². The molecule has 0 radical (unpaired) electrons. The van der Waals surface area contributed by atoms with Crippen LogP contribution in [-0.4, -0.2) is 24.3 Å². The summed E-state index contributed by atoms with van der Waals surface area (Å²) >= 11 is 0. The summed E-state index contributed by atoms with van der Waals surface area (Å²) in [7, 11) is 1.90. The molecular weight excluding hydrogens is 216 g/mol. The molecule has 2 N–H and O–H groups in total. The van der Waals surface area contributed by atoms with Crippen LogP contribution >= 0.6 is 0 Å². The summed E-state index contributed by atoms with van der Waals surface area (Å²) in [6.07, 6.45) is 3.50. The van der Waals surface area contributed by atoms with Crippen LogP contribution in [0.5, 0.6) is 0 Å². The summed E-state index contributed by atoms with van der Waals surface area (Å²) in [5.41, 5.74) is 8.57. The molecule has 0 unspecified atom stereocenters. The fourth-order valence-electron chi connectivity index (χ4n) is 1.85. The lowest BCUT2D eigenvalue weighted by atomic mass is 10.4. The third-order valence-corrected chi connectivity index (χ3v) is 2.78. The molecule has 0 aromatic carbocycles. The highest BCUT2D eigenvalue weighted by atomic mass is 15.3. The molecule has 3 aromatic heterocycles. The Morgan fingerprint density at radius 1 is 1.29 bits per heavy atom. The van der Waals surface area contributed by atoms with E-state index in [0.717, 1.165) is 16.9 Å². The second-order valence-electron chi connectivity index (χ2n) is 3.85. The highest BCUT2D eigenvalue weighted by Gasteiger charge is 2.10. The van der Waals surface area contributed by atoms with Gasteiger partial charge < -0.3 is 5.73 Å². The number of hydrogen-bond donors (Lipinski definition) is 1. The number of anilines is 1. The largest absolute Gasteiger partial charge is 0.369 e. The summed E-state index contributed by atoms with van der Waals surface area (Å²) < 4.78 is 3.70. The molecule has 0 aliphatic heterocycles. The van der Waals surface area contributed by atoms with E-state index >= 15 is 0 Å². The van der Waals surface area contributed by atoms with Gasteiger partial charge in [-0.3, -0.25) is 9.25 Å². The molecule has 6 nitrogen and oxygen atoms in total. The van der Waals surface area contributed by atoms with Crippen molar-refractivity contribution in [2.24, 2.45) is 7.05 Å². The van der Waals surface area contributed by atoms with Gasteiger partial charge in [-0.15, -0.1) is 0 Å². The molecule has 17 heavy (non-hydrogen) atoms. The molecular formula is C11H12N6. The average Bonchev–Trinajstić information content (AvgIpc) is 2.85. The molecule has 0 aliphatic carbocycles. The maximum atomic E-state index is 5.90. The third kappa shape index (κ3) is 1.54. The van der Waals surface area contributed by atoms with Crippen molar-refractivity contribution in [1.82, 2.24) is 24.3 Å². The minimum atomic E-state index is 0.472. The second kappa shape index (κ2) is 3.58. The molecule has 86 valence electrons. The van der Waals surface area contributed by atoms with Crippen LogP contribution in [-0.2, 0) is 13.6 Å². The van der Waals surface area contributed by atoms with Gasteiger partial charge in [0.25, 0.3) is 0 Å². The smallest absolute Gasteiger partial charge is 0.202 e. The van der Waals surface area contributed by atoms with Crippen molar-refractivity contribution in [3.05, 3.63) is 36.3 Å². The number of nitrogens with two attached hydrogens (primary N) is 1. The monoisotopic (exact) mass is 228 g/mol. The molecule has 0 aliphatic rings. The Morgan fingerprint density at radius 3 is 2.94 bits per heavy atom. The standard InChI is InChI=1S/C11H12N6/c1-16-8(4-6-14-16)7-17-10-9(15-11(17)12)3-2-5-13-10/h2-6H,7H2,1H3,(H2,12,15). The van der Waals surface area contributed by atoms with Gasteiger partial charge in [-0.25, -0.2) is 9.97 Å². The van der Waals surface area contributed by atoms with Gasteiger partial charge in [0.15, 0.2) is 5.65 Å². The number of pyridine rings is 1. The Labute approximate surface area is 97.7 Å². The summed E-state index contributed by atoms with van der Waals surface area (Å²) in [5, 5.41) is 4.13. The normalized spacial score (nSPS) is 11.1. The summed E-state index contributed by atoms with van der Waals surface area (Å²) in [6.45, 7) is 0.621. The number of aromatic nitrogens is 5. The molecule has 0 atom stereocenters. The van der Waals surface area contributed by atoms with Gasteiger partial charge in [-0.1, -0.05) is 0 Å².